The molecule has 0 radical (unpaired) electrons. The van der Waals surface area contributed by atoms with E-state index in [0.29, 0.717) is 16.4 Å². The van der Waals surface area contributed by atoms with Crippen LogP contribution in [0.5, 0.6) is 0 Å². The van der Waals surface area contributed by atoms with Gasteiger partial charge in [0.05, 0.1) is 10.6 Å². The summed E-state index contributed by atoms with van der Waals surface area (Å²) in [6.45, 7) is 1.71. The maximum atomic E-state index is 12.2. The van der Waals surface area contributed by atoms with Gasteiger partial charge in [-0.2, -0.15) is 0 Å². The molecule has 2 heterocycles. The summed E-state index contributed by atoms with van der Waals surface area (Å²) < 4.78 is 0. The van der Waals surface area contributed by atoms with Gasteiger partial charge in [0.15, 0.2) is 5.13 Å². The lowest BCUT2D eigenvalue weighted by molar-refractivity contribution is -0.384. The minimum absolute atomic E-state index is 0.00792. The van der Waals surface area contributed by atoms with E-state index in [0.717, 1.165) is 25.9 Å². The van der Waals surface area contributed by atoms with Crippen LogP contribution in [0.15, 0.2) is 29.6 Å². The molecule has 0 spiro atoms. The lowest BCUT2D eigenvalue weighted by Gasteiger charge is -2.20. The van der Waals surface area contributed by atoms with E-state index in [-0.39, 0.29) is 17.5 Å². The molecule has 1 fully saturated rings. The van der Waals surface area contributed by atoms with Crippen molar-refractivity contribution in [3.8, 4) is 11.3 Å². The molecule has 0 saturated carbocycles. The van der Waals surface area contributed by atoms with Gasteiger partial charge in [0.1, 0.15) is 0 Å². The third-order valence-corrected chi connectivity index (χ3v) is 4.55. The number of nitrogens with one attached hydrogen (secondary N) is 2. The fourth-order valence-corrected chi connectivity index (χ4v) is 3.26. The SMILES string of the molecule is O=C(Nc1nc(-c2cccc([N+](=O)[O-])c2)cs1)C1CCNCC1. The van der Waals surface area contributed by atoms with E-state index < -0.39 is 4.92 Å². The first kappa shape index (κ1) is 15.6. The molecule has 0 aliphatic carbocycles. The number of carbonyl (C=O) groups excluding carboxylic acids is 1. The fourth-order valence-electron chi connectivity index (χ4n) is 2.53. The van der Waals surface area contributed by atoms with Crippen molar-refractivity contribution in [3.05, 3.63) is 39.8 Å². The number of rotatable bonds is 4. The maximum Gasteiger partial charge on any atom is 0.270 e. The van der Waals surface area contributed by atoms with Crippen molar-refractivity contribution in [1.82, 2.24) is 10.3 Å². The van der Waals surface area contributed by atoms with Crippen LogP contribution in [0.25, 0.3) is 11.3 Å². The smallest absolute Gasteiger partial charge is 0.270 e. The van der Waals surface area contributed by atoms with Gasteiger partial charge < -0.3 is 10.6 Å². The van der Waals surface area contributed by atoms with Crippen LogP contribution in [0.2, 0.25) is 0 Å². The molecule has 7 nitrogen and oxygen atoms in total. The molecule has 1 aromatic carbocycles. The molecule has 1 aliphatic rings. The summed E-state index contributed by atoms with van der Waals surface area (Å²) in [5.41, 5.74) is 1.31. The Balaban J connectivity index is 1.71. The maximum absolute atomic E-state index is 12.2. The number of hydrogen-bond donors (Lipinski definition) is 2. The number of hydrogen-bond acceptors (Lipinski definition) is 6. The third-order valence-electron chi connectivity index (χ3n) is 3.80. The fraction of sp³-hybridized carbons (Fsp3) is 0.333. The highest BCUT2D eigenvalue weighted by Crippen LogP contribution is 2.28. The van der Waals surface area contributed by atoms with E-state index in [4.69, 9.17) is 0 Å². The van der Waals surface area contributed by atoms with Gasteiger partial charge in [-0.05, 0) is 25.9 Å². The average molecular weight is 332 g/mol. The number of nitro groups is 1. The molecule has 8 heteroatoms. The van der Waals surface area contributed by atoms with Crippen molar-refractivity contribution >= 4 is 28.1 Å². The molecule has 1 amide bonds. The first-order valence-electron chi connectivity index (χ1n) is 7.35. The van der Waals surface area contributed by atoms with Gasteiger partial charge in [-0.25, -0.2) is 4.98 Å². The van der Waals surface area contributed by atoms with Crippen LogP contribution in [-0.4, -0.2) is 28.9 Å². The van der Waals surface area contributed by atoms with Crippen molar-refractivity contribution in [3.63, 3.8) is 0 Å². The standard InChI is InChI=1S/C15H16N4O3S/c20-14(10-4-6-16-7-5-10)18-15-17-13(9-23-15)11-2-1-3-12(8-11)19(21)22/h1-3,8-10,16H,4-7H2,(H,17,18,20). The highest BCUT2D eigenvalue weighted by Gasteiger charge is 2.21. The Morgan fingerprint density at radius 1 is 1.39 bits per heavy atom. The Morgan fingerprint density at radius 2 is 2.17 bits per heavy atom. The monoisotopic (exact) mass is 332 g/mol. The van der Waals surface area contributed by atoms with Crippen LogP contribution in [0.1, 0.15) is 12.8 Å². The molecular formula is C15H16N4O3S. The van der Waals surface area contributed by atoms with Crippen LogP contribution in [0, 0.1) is 16.0 Å². The van der Waals surface area contributed by atoms with Crippen molar-refractivity contribution in [2.75, 3.05) is 18.4 Å². The van der Waals surface area contributed by atoms with Gasteiger partial charge in [0.25, 0.3) is 5.69 Å². The van der Waals surface area contributed by atoms with Crippen LogP contribution in [0.4, 0.5) is 10.8 Å². The quantitative estimate of drug-likeness (QED) is 0.662. The molecule has 23 heavy (non-hydrogen) atoms. The molecule has 1 aliphatic heterocycles. The van der Waals surface area contributed by atoms with Gasteiger partial charge in [-0.3, -0.25) is 14.9 Å². The average Bonchev–Trinajstić information content (AvgIpc) is 3.04. The van der Waals surface area contributed by atoms with Crippen molar-refractivity contribution in [2.24, 2.45) is 5.92 Å². The number of piperidine rings is 1. The van der Waals surface area contributed by atoms with Crippen LogP contribution in [0.3, 0.4) is 0 Å². The van der Waals surface area contributed by atoms with Crippen LogP contribution in [-0.2, 0) is 4.79 Å². The van der Waals surface area contributed by atoms with Gasteiger partial charge in [0.2, 0.25) is 5.91 Å². The molecule has 0 bridgehead atoms. The summed E-state index contributed by atoms with van der Waals surface area (Å²) in [4.78, 5) is 27.0. The predicted octanol–water partition coefficient (Wildman–Crippen LogP) is 2.66. The number of nitro benzene ring substituents is 1. The highest BCUT2D eigenvalue weighted by atomic mass is 32.1. The molecule has 2 N–H and O–H groups in total. The molecule has 1 saturated heterocycles. The minimum atomic E-state index is -0.435. The number of benzene rings is 1. The number of amides is 1. The molecule has 3 rings (SSSR count). The number of carbonyl (C=O) groups is 1. The molecule has 0 unspecified atom stereocenters. The van der Waals surface area contributed by atoms with E-state index >= 15 is 0 Å². The number of thiazole rings is 1. The zero-order valence-corrected chi connectivity index (χ0v) is 13.1. The third kappa shape index (κ3) is 3.72. The Hall–Kier alpha value is -2.32. The van der Waals surface area contributed by atoms with Gasteiger partial charge in [-0.1, -0.05) is 12.1 Å². The zero-order chi connectivity index (χ0) is 16.2. The lowest BCUT2D eigenvalue weighted by atomic mass is 9.97. The number of aromatic nitrogens is 1. The van der Waals surface area contributed by atoms with E-state index in [1.165, 1.54) is 23.5 Å². The Morgan fingerprint density at radius 3 is 2.91 bits per heavy atom. The van der Waals surface area contributed by atoms with E-state index in [9.17, 15) is 14.9 Å². The topological polar surface area (TPSA) is 97.2 Å². The number of non-ortho nitro benzene ring substituents is 1. The molecule has 0 atom stereocenters. The van der Waals surface area contributed by atoms with Crippen molar-refractivity contribution in [2.45, 2.75) is 12.8 Å². The molecule has 120 valence electrons. The summed E-state index contributed by atoms with van der Waals surface area (Å²) in [6, 6.07) is 6.31. The van der Waals surface area contributed by atoms with Crippen LogP contribution < -0.4 is 10.6 Å². The van der Waals surface area contributed by atoms with Crippen LogP contribution >= 0.6 is 11.3 Å². The number of anilines is 1. The lowest BCUT2D eigenvalue weighted by Crippen LogP contribution is -2.34. The summed E-state index contributed by atoms with van der Waals surface area (Å²) in [6.07, 6.45) is 1.66. The van der Waals surface area contributed by atoms with Gasteiger partial charge in [-0.15, -0.1) is 11.3 Å². The van der Waals surface area contributed by atoms with Gasteiger partial charge >= 0.3 is 0 Å². The van der Waals surface area contributed by atoms with Crippen molar-refractivity contribution in [1.29, 1.82) is 0 Å². The molecule has 2 aromatic rings. The van der Waals surface area contributed by atoms with Gasteiger partial charge in [0, 0.05) is 29.0 Å². The minimum Gasteiger partial charge on any atom is -0.317 e. The highest BCUT2D eigenvalue weighted by molar-refractivity contribution is 7.14. The Labute approximate surface area is 136 Å². The predicted molar refractivity (Wildman–Crippen MR) is 88.4 cm³/mol. The largest absolute Gasteiger partial charge is 0.317 e. The summed E-state index contributed by atoms with van der Waals surface area (Å²) >= 11 is 1.32. The first-order chi connectivity index (χ1) is 11.1. The first-order valence-corrected chi connectivity index (χ1v) is 8.23. The second-order valence-corrected chi connectivity index (χ2v) is 6.22. The zero-order valence-electron chi connectivity index (χ0n) is 12.3. The molecule has 1 aromatic heterocycles. The normalized spacial score (nSPS) is 15.3. The Bertz CT molecular complexity index is 725. The van der Waals surface area contributed by atoms with E-state index in [1.807, 2.05) is 0 Å². The summed E-state index contributed by atoms with van der Waals surface area (Å²) in [5.74, 6) is 0.00727. The number of nitrogens with zero attached hydrogens (tertiary/aromatic N) is 2. The Kier molecular flexibility index (Phi) is 4.63. The van der Waals surface area contributed by atoms with Crippen molar-refractivity contribution < 1.29 is 9.72 Å². The van der Waals surface area contributed by atoms with E-state index in [1.54, 1.807) is 17.5 Å². The van der Waals surface area contributed by atoms with E-state index in [2.05, 4.69) is 15.6 Å². The second kappa shape index (κ2) is 6.84. The molecular weight excluding hydrogens is 316 g/mol. The second-order valence-electron chi connectivity index (χ2n) is 5.36. The summed E-state index contributed by atoms with van der Waals surface area (Å²) in [7, 11) is 0. The summed E-state index contributed by atoms with van der Waals surface area (Å²) in [5, 5.41) is 19.2.